The minimum absolute atomic E-state index is 0.101. The first-order valence-electron chi connectivity index (χ1n) is 13.6. The lowest BCUT2D eigenvalue weighted by atomic mass is 9.88. The van der Waals surface area contributed by atoms with Crippen LogP contribution in [0.4, 0.5) is 0 Å². The molecule has 0 N–H and O–H groups in total. The van der Waals surface area contributed by atoms with Crippen molar-refractivity contribution in [3.63, 3.8) is 0 Å². The molecule has 8 heteroatoms. The van der Waals surface area contributed by atoms with E-state index in [1.807, 2.05) is 0 Å². The van der Waals surface area contributed by atoms with Gasteiger partial charge in [-0.15, -0.1) is 0 Å². The SMILES string of the molecule is CCCCCCOc1c(C#N)c(C#N)c(OCCCCCC)c(-c2cc(Cl)cc(Cl)c2)c1-c1cc(Cl)cc(Cl)c1. The lowest BCUT2D eigenvalue weighted by Crippen LogP contribution is -2.08. The van der Waals surface area contributed by atoms with E-state index in [9.17, 15) is 10.5 Å². The van der Waals surface area contributed by atoms with Gasteiger partial charge in [-0.05, 0) is 60.4 Å². The molecular formula is C32H32Cl4N2O2. The van der Waals surface area contributed by atoms with E-state index in [2.05, 4.69) is 26.0 Å². The van der Waals surface area contributed by atoms with Crippen LogP contribution < -0.4 is 9.47 Å². The first kappa shape index (κ1) is 31.9. The molecule has 0 bridgehead atoms. The summed E-state index contributed by atoms with van der Waals surface area (Å²) in [6, 6.07) is 14.7. The quantitative estimate of drug-likeness (QED) is 0.169. The molecular weight excluding hydrogens is 586 g/mol. The Balaban J connectivity index is 2.39. The monoisotopic (exact) mass is 616 g/mol. The predicted molar refractivity (Wildman–Crippen MR) is 166 cm³/mol. The lowest BCUT2D eigenvalue weighted by Gasteiger charge is -2.23. The molecule has 0 radical (unpaired) electrons. The van der Waals surface area contributed by atoms with Crippen LogP contribution in [0.3, 0.4) is 0 Å². The molecule has 0 spiro atoms. The Morgan fingerprint density at radius 2 is 0.900 bits per heavy atom. The smallest absolute Gasteiger partial charge is 0.147 e. The summed E-state index contributed by atoms with van der Waals surface area (Å²) in [6.45, 7) is 5.01. The summed E-state index contributed by atoms with van der Waals surface area (Å²) < 4.78 is 12.7. The van der Waals surface area contributed by atoms with Gasteiger partial charge in [0.15, 0.2) is 0 Å². The maximum absolute atomic E-state index is 10.3. The number of nitriles is 2. The summed E-state index contributed by atoms with van der Waals surface area (Å²) in [5.41, 5.74) is 2.51. The van der Waals surface area contributed by atoms with Crippen LogP contribution in [0.2, 0.25) is 20.1 Å². The highest BCUT2D eigenvalue weighted by molar-refractivity contribution is 6.36. The molecule has 0 aromatic heterocycles. The summed E-state index contributed by atoms with van der Waals surface area (Å²) in [7, 11) is 0. The van der Waals surface area contributed by atoms with E-state index in [1.54, 1.807) is 36.4 Å². The van der Waals surface area contributed by atoms with E-state index in [1.165, 1.54) is 0 Å². The van der Waals surface area contributed by atoms with Gasteiger partial charge in [-0.2, -0.15) is 10.5 Å². The number of rotatable bonds is 14. The molecule has 0 atom stereocenters. The highest BCUT2D eigenvalue weighted by Gasteiger charge is 2.29. The van der Waals surface area contributed by atoms with Gasteiger partial charge in [0.25, 0.3) is 0 Å². The first-order chi connectivity index (χ1) is 19.3. The Bertz CT molecular complexity index is 1260. The third kappa shape index (κ3) is 8.22. The summed E-state index contributed by atoms with van der Waals surface area (Å²) in [5.74, 6) is 0.552. The number of benzene rings is 3. The molecule has 3 aromatic rings. The minimum atomic E-state index is 0.101. The zero-order valence-electron chi connectivity index (χ0n) is 22.8. The highest BCUT2D eigenvalue weighted by atomic mass is 35.5. The van der Waals surface area contributed by atoms with E-state index in [-0.39, 0.29) is 22.6 Å². The van der Waals surface area contributed by atoms with Gasteiger partial charge >= 0.3 is 0 Å². The van der Waals surface area contributed by atoms with Crippen LogP contribution in [0.25, 0.3) is 22.3 Å². The zero-order valence-corrected chi connectivity index (χ0v) is 25.8. The molecule has 0 saturated heterocycles. The van der Waals surface area contributed by atoms with E-state index in [0.29, 0.717) is 55.6 Å². The van der Waals surface area contributed by atoms with Crippen LogP contribution in [0.15, 0.2) is 36.4 Å². The fourth-order valence-electron chi connectivity index (χ4n) is 4.56. The summed E-state index contributed by atoms with van der Waals surface area (Å²) in [6.07, 6.45) is 7.87. The lowest BCUT2D eigenvalue weighted by molar-refractivity contribution is 0.297. The largest absolute Gasteiger partial charge is 0.491 e. The van der Waals surface area contributed by atoms with Crippen LogP contribution in [-0.2, 0) is 0 Å². The topological polar surface area (TPSA) is 66.0 Å². The Morgan fingerprint density at radius 1 is 0.550 bits per heavy atom. The van der Waals surface area contributed by atoms with Gasteiger partial charge in [-0.25, -0.2) is 0 Å². The molecule has 0 aliphatic carbocycles. The van der Waals surface area contributed by atoms with Crippen molar-refractivity contribution in [2.75, 3.05) is 13.2 Å². The number of ether oxygens (including phenoxy) is 2. The van der Waals surface area contributed by atoms with Crippen LogP contribution >= 0.6 is 46.4 Å². The number of unbranched alkanes of at least 4 members (excludes halogenated alkanes) is 6. The van der Waals surface area contributed by atoms with Crippen LogP contribution in [-0.4, -0.2) is 13.2 Å². The van der Waals surface area contributed by atoms with Crippen molar-refractivity contribution in [3.05, 3.63) is 67.6 Å². The van der Waals surface area contributed by atoms with Crippen LogP contribution in [0.1, 0.15) is 76.3 Å². The van der Waals surface area contributed by atoms with Crippen molar-refractivity contribution in [1.29, 1.82) is 10.5 Å². The van der Waals surface area contributed by atoms with E-state index >= 15 is 0 Å². The van der Waals surface area contributed by atoms with Crippen molar-refractivity contribution >= 4 is 46.4 Å². The third-order valence-electron chi connectivity index (χ3n) is 6.42. The molecule has 0 aliphatic rings. The fraction of sp³-hybridized carbons (Fsp3) is 0.375. The maximum atomic E-state index is 10.3. The maximum Gasteiger partial charge on any atom is 0.147 e. The van der Waals surface area contributed by atoms with Gasteiger partial charge in [0.2, 0.25) is 0 Å². The summed E-state index contributed by atoms with van der Waals surface area (Å²) in [4.78, 5) is 0. The van der Waals surface area contributed by atoms with Crippen LogP contribution in [0, 0.1) is 22.7 Å². The highest BCUT2D eigenvalue weighted by Crippen LogP contribution is 2.51. The Kier molecular flexibility index (Phi) is 12.8. The molecule has 4 nitrogen and oxygen atoms in total. The summed E-state index contributed by atoms with van der Waals surface area (Å²) >= 11 is 25.8. The van der Waals surface area contributed by atoms with Gasteiger partial charge < -0.3 is 9.47 Å². The van der Waals surface area contributed by atoms with E-state index < -0.39 is 0 Å². The fourth-order valence-corrected chi connectivity index (χ4v) is 5.61. The molecule has 40 heavy (non-hydrogen) atoms. The molecule has 0 heterocycles. The van der Waals surface area contributed by atoms with Gasteiger partial charge in [-0.1, -0.05) is 98.8 Å². The minimum Gasteiger partial charge on any atom is -0.491 e. The number of hydrogen-bond donors (Lipinski definition) is 0. The van der Waals surface area contributed by atoms with Crippen molar-refractivity contribution in [1.82, 2.24) is 0 Å². The average molecular weight is 618 g/mol. The number of hydrogen-bond acceptors (Lipinski definition) is 4. The van der Waals surface area contributed by atoms with E-state index in [4.69, 9.17) is 55.9 Å². The van der Waals surface area contributed by atoms with Gasteiger partial charge in [0.1, 0.15) is 34.8 Å². The molecule has 210 valence electrons. The van der Waals surface area contributed by atoms with Gasteiger partial charge in [0.05, 0.1) is 13.2 Å². The van der Waals surface area contributed by atoms with Crippen molar-refractivity contribution < 1.29 is 9.47 Å². The molecule has 0 amide bonds. The average Bonchev–Trinajstić information content (AvgIpc) is 2.91. The van der Waals surface area contributed by atoms with E-state index in [0.717, 1.165) is 51.4 Å². The molecule has 3 rings (SSSR count). The summed E-state index contributed by atoms with van der Waals surface area (Å²) in [5, 5.41) is 22.3. The van der Waals surface area contributed by atoms with Crippen LogP contribution in [0.5, 0.6) is 11.5 Å². The van der Waals surface area contributed by atoms with Crippen molar-refractivity contribution in [2.45, 2.75) is 65.2 Å². The predicted octanol–water partition coefficient (Wildman–Crippen LogP) is 11.3. The Morgan fingerprint density at radius 3 is 1.20 bits per heavy atom. The second-order valence-corrected chi connectivity index (χ2v) is 11.3. The standard InChI is InChI=1S/C32H32Cl4N2O2/c1-3-5-7-9-11-39-31-27(19-37)28(20-38)32(40-12-10-8-6-4-2)30(22-15-25(35)18-26(36)16-22)29(31)21-13-23(33)17-24(34)14-21/h13-18H,3-12H2,1-2H3. The number of halogens is 4. The normalized spacial score (nSPS) is 10.7. The third-order valence-corrected chi connectivity index (χ3v) is 7.30. The second kappa shape index (κ2) is 16.0. The molecule has 0 aliphatic heterocycles. The molecule has 0 unspecified atom stereocenters. The molecule has 0 fully saturated rings. The van der Waals surface area contributed by atoms with Crippen molar-refractivity contribution in [3.8, 4) is 45.9 Å². The first-order valence-corrected chi connectivity index (χ1v) is 15.1. The number of nitrogens with zero attached hydrogens (tertiary/aromatic N) is 2. The van der Waals surface area contributed by atoms with Crippen molar-refractivity contribution in [2.24, 2.45) is 0 Å². The molecule has 0 saturated carbocycles. The second-order valence-electron chi connectivity index (χ2n) is 9.52. The Hall–Kier alpha value is -2.60. The van der Waals surface area contributed by atoms with Gasteiger partial charge in [0, 0.05) is 31.2 Å². The zero-order chi connectivity index (χ0) is 29.1. The van der Waals surface area contributed by atoms with Gasteiger partial charge in [-0.3, -0.25) is 0 Å². The molecule has 3 aromatic carbocycles. The Labute approximate surface area is 257 Å².